The number of allylic oxidation sites excluding steroid dienone is 6. The predicted octanol–water partition coefficient (Wildman–Crippen LogP) is 3.96. The second-order valence-electron chi connectivity index (χ2n) is 8.68. The average Bonchev–Trinajstić information content (AvgIpc) is 2.75. The number of carboxylic acid groups (broad SMARTS) is 2. The quantitative estimate of drug-likeness (QED) is 0.547. The Morgan fingerprint density at radius 1 is 0.733 bits per heavy atom. The summed E-state index contributed by atoms with van der Waals surface area (Å²) in [6, 6.07) is 0. The van der Waals surface area contributed by atoms with Crippen LogP contribution in [0.4, 0.5) is 0 Å². The van der Waals surface area contributed by atoms with Crippen LogP contribution in [0.1, 0.15) is 52.4 Å². The Bertz CT molecular complexity index is 611. The molecular formula is C24H36O6. The van der Waals surface area contributed by atoms with Crippen molar-refractivity contribution < 1.29 is 30.0 Å². The predicted molar refractivity (Wildman–Crippen MR) is 117 cm³/mol. The fourth-order valence-corrected chi connectivity index (χ4v) is 3.37. The van der Waals surface area contributed by atoms with Crippen molar-refractivity contribution in [3.05, 3.63) is 48.6 Å². The van der Waals surface area contributed by atoms with Gasteiger partial charge in [0.2, 0.25) is 0 Å². The lowest BCUT2D eigenvalue weighted by atomic mass is 9.83. The van der Waals surface area contributed by atoms with Gasteiger partial charge < -0.3 is 20.4 Å². The van der Waals surface area contributed by atoms with Crippen molar-refractivity contribution in [1.29, 1.82) is 0 Å². The van der Waals surface area contributed by atoms with Crippen molar-refractivity contribution in [3.63, 3.8) is 0 Å². The summed E-state index contributed by atoms with van der Waals surface area (Å²) < 4.78 is 0. The van der Waals surface area contributed by atoms with E-state index in [9.17, 15) is 9.59 Å². The SMILES string of the molecule is CC1(C(=O)O)C=CC=CC1.CC1(C(=O)O)C=CC=CC1.OC[C@H]1CC[C@H](CO)CC1. The Hall–Kier alpha value is -2.18. The van der Waals surface area contributed by atoms with Crippen LogP contribution in [0.5, 0.6) is 0 Å². The molecule has 0 aromatic heterocycles. The highest BCUT2D eigenvalue weighted by molar-refractivity contribution is 5.77. The van der Waals surface area contributed by atoms with Crippen LogP contribution < -0.4 is 0 Å². The van der Waals surface area contributed by atoms with Crippen LogP contribution in [0.2, 0.25) is 0 Å². The minimum absolute atomic E-state index is 0.331. The molecule has 0 aliphatic heterocycles. The van der Waals surface area contributed by atoms with Crippen molar-refractivity contribution in [2.24, 2.45) is 22.7 Å². The lowest BCUT2D eigenvalue weighted by Crippen LogP contribution is -2.25. The van der Waals surface area contributed by atoms with Gasteiger partial charge in [-0.1, -0.05) is 48.6 Å². The van der Waals surface area contributed by atoms with Crippen LogP contribution in [-0.4, -0.2) is 45.6 Å². The van der Waals surface area contributed by atoms with Gasteiger partial charge in [-0.05, 0) is 64.2 Å². The largest absolute Gasteiger partial charge is 0.481 e. The second kappa shape index (κ2) is 12.5. The number of aliphatic hydroxyl groups is 2. The van der Waals surface area contributed by atoms with Gasteiger partial charge in [0.25, 0.3) is 0 Å². The normalized spacial score (nSPS) is 31.7. The molecule has 0 radical (unpaired) electrons. The molecule has 0 heterocycles. The van der Waals surface area contributed by atoms with Gasteiger partial charge >= 0.3 is 11.9 Å². The molecule has 2 atom stereocenters. The fraction of sp³-hybridized carbons (Fsp3) is 0.583. The van der Waals surface area contributed by atoms with Crippen molar-refractivity contribution in [2.45, 2.75) is 52.4 Å². The summed E-state index contributed by atoms with van der Waals surface area (Å²) in [6.45, 7) is 4.10. The summed E-state index contributed by atoms with van der Waals surface area (Å²) in [4.78, 5) is 21.2. The molecule has 6 nitrogen and oxygen atoms in total. The number of carboxylic acids is 2. The van der Waals surface area contributed by atoms with Crippen molar-refractivity contribution in [1.82, 2.24) is 0 Å². The zero-order valence-electron chi connectivity index (χ0n) is 18.0. The Morgan fingerprint density at radius 3 is 1.23 bits per heavy atom. The molecule has 168 valence electrons. The number of aliphatic carboxylic acids is 2. The fourth-order valence-electron chi connectivity index (χ4n) is 3.37. The van der Waals surface area contributed by atoms with E-state index in [2.05, 4.69) is 0 Å². The minimum atomic E-state index is -0.756. The molecule has 3 aliphatic carbocycles. The topological polar surface area (TPSA) is 115 Å². The molecule has 2 unspecified atom stereocenters. The van der Waals surface area contributed by atoms with Gasteiger partial charge in [0, 0.05) is 13.2 Å². The van der Waals surface area contributed by atoms with Crippen molar-refractivity contribution in [2.75, 3.05) is 13.2 Å². The van der Waals surface area contributed by atoms with Crippen molar-refractivity contribution >= 4 is 11.9 Å². The summed E-state index contributed by atoms with van der Waals surface area (Å²) in [5.41, 5.74) is -1.34. The zero-order chi connectivity index (χ0) is 22.6. The standard InChI is InChI=1S/2C8H10O2.C8H16O2/c2*1-8(7(9)10)5-3-2-4-6-8;9-5-7-1-2-8(6-10)4-3-7/h2*2-5H,6H2,1H3,(H,9,10);7-10H,1-6H2/t;;7-,8-. The van der Waals surface area contributed by atoms with Crippen LogP contribution in [0, 0.1) is 22.7 Å². The minimum Gasteiger partial charge on any atom is -0.481 e. The maximum Gasteiger partial charge on any atom is 0.313 e. The van der Waals surface area contributed by atoms with E-state index in [-0.39, 0.29) is 0 Å². The van der Waals surface area contributed by atoms with Gasteiger partial charge in [-0.25, -0.2) is 0 Å². The smallest absolute Gasteiger partial charge is 0.313 e. The van der Waals surface area contributed by atoms with Crippen LogP contribution in [0.3, 0.4) is 0 Å². The monoisotopic (exact) mass is 420 g/mol. The Morgan fingerprint density at radius 2 is 1.07 bits per heavy atom. The van der Waals surface area contributed by atoms with E-state index in [4.69, 9.17) is 20.4 Å². The van der Waals surface area contributed by atoms with E-state index in [1.807, 2.05) is 24.3 Å². The first-order valence-corrected chi connectivity index (χ1v) is 10.5. The highest BCUT2D eigenvalue weighted by Crippen LogP contribution is 2.28. The second-order valence-corrected chi connectivity index (χ2v) is 8.68. The van der Waals surface area contributed by atoms with Crippen LogP contribution in [-0.2, 0) is 9.59 Å². The summed E-state index contributed by atoms with van der Waals surface area (Å²) in [6.07, 6.45) is 20.0. The third-order valence-corrected chi connectivity index (χ3v) is 5.97. The highest BCUT2D eigenvalue weighted by Gasteiger charge is 2.30. The summed E-state index contributed by atoms with van der Waals surface area (Å²) in [5.74, 6) is -0.480. The van der Waals surface area contributed by atoms with E-state index in [0.717, 1.165) is 25.7 Å². The Kier molecular flexibility index (Phi) is 10.8. The van der Waals surface area contributed by atoms with E-state index in [1.54, 1.807) is 38.2 Å². The molecule has 1 saturated carbocycles. The van der Waals surface area contributed by atoms with E-state index in [1.165, 1.54) is 0 Å². The van der Waals surface area contributed by atoms with Gasteiger partial charge in [0.05, 0.1) is 10.8 Å². The van der Waals surface area contributed by atoms with Gasteiger partial charge in [-0.3, -0.25) is 9.59 Å². The molecule has 0 aromatic carbocycles. The maximum atomic E-state index is 10.6. The maximum absolute atomic E-state index is 10.6. The van der Waals surface area contributed by atoms with E-state index < -0.39 is 22.8 Å². The third-order valence-electron chi connectivity index (χ3n) is 5.97. The molecule has 0 bridgehead atoms. The molecule has 6 heteroatoms. The average molecular weight is 421 g/mol. The molecule has 0 saturated heterocycles. The number of aliphatic hydroxyl groups excluding tert-OH is 2. The lowest BCUT2D eigenvalue weighted by molar-refractivity contribution is -0.145. The third kappa shape index (κ3) is 8.28. The van der Waals surface area contributed by atoms with Gasteiger partial charge in [0.15, 0.2) is 0 Å². The molecule has 0 spiro atoms. The first-order chi connectivity index (χ1) is 14.2. The van der Waals surface area contributed by atoms with Crippen LogP contribution in [0.25, 0.3) is 0 Å². The number of hydrogen-bond donors (Lipinski definition) is 4. The summed E-state index contributed by atoms with van der Waals surface area (Å²) >= 11 is 0. The number of carbonyl (C=O) groups is 2. The summed E-state index contributed by atoms with van der Waals surface area (Å²) in [7, 11) is 0. The molecular weight excluding hydrogens is 384 g/mol. The molecule has 4 N–H and O–H groups in total. The number of hydrogen-bond acceptors (Lipinski definition) is 4. The van der Waals surface area contributed by atoms with Crippen molar-refractivity contribution in [3.8, 4) is 0 Å². The van der Waals surface area contributed by atoms with Gasteiger partial charge in [-0.2, -0.15) is 0 Å². The molecule has 0 aromatic rings. The van der Waals surface area contributed by atoms with E-state index in [0.29, 0.717) is 37.9 Å². The van der Waals surface area contributed by atoms with Gasteiger partial charge in [-0.15, -0.1) is 0 Å². The number of rotatable bonds is 4. The zero-order valence-corrected chi connectivity index (χ0v) is 18.0. The highest BCUT2D eigenvalue weighted by atomic mass is 16.4. The first kappa shape index (κ1) is 25.9. The molecule has 0 amide bonds. The Balaban J connectivity index is 0.000000225. The van der Waals surface area contributed by atoms with Gasteiger partial charge in [0.1, 0.15) is 0 Å². The molecule has 3 rings (SSSR count). The molecule has 1 fully saturated rings. The molecule has 30 heavy (non-hydrogen) atoms. The summed E-state index contributed by atoms with van der Waals surface area (Å²) in [5, 5.41) is 35.0. The Labute approximate surface area is 179 Å². The van der Waals surface area contributed by atoms with Crippen LogP contribution in [0.15, 0.2) is 48.6 Å². The molecule has 3 aliphatic rings. The first-order valence-electron chi connectivity index (χ1n) is 10.5. The lowest BCUT2D eigenvalue weighted by Gasteiger charge is -2.25. The van der Waals surface area contributed by atoms with E-state index >= 15 is 0 Å². The van der Waals surface area contributed by atoms with Crippen LogP contribution >= 0.6 is 0 Å².